The number of allylic oxidation sites excluding steroid dienone is 1. The molecule has 4 nitrogen and oxygen atoms in total. The lowest BCUT2D eigenvalue weighted by atomic mass is 10.1. The molecular weight excluding hydrogens is 256 g/mol. The summed E-state index contributed by atoms with van der Waals surface area (Å²) in [6.45, 7) is 1.61. The van der Waals surface area contributed by atoms with Crippen LogP contribution in [-0.4, -0.2) is 5.97 Å². The third kappa shape index (κ3) is 2.43. The Bertz CT molecular complexity index is 685. The van der Waals surface area contributed by atoms with Gasteiger partial charge in [0.05, 0.1) is 5.56 Å². The Morgan fingerprint density at radius 1 is 1.39 bits per heavy atom. The summed E-state index contributed by atoms with van der Waals surface area (Å²) in [5.41, 5.74) is 0.722. The monoisotopic (exact) mass is 264 g/mol. The van der Waals surface area contributed by atoms with Gasteiger partial charge in [-0.3, -0.25) is 0 Å². The van der Waals surface area contributed by atoms with Crippen molar-refractivity contribution in [1.29, 1.82) is 0 Å². The zero-order valence-corrected chi connectivity index (χ0v) is 10.2. The number of carbonyl (C=O) groups is 1. The fourth-order valence-electron chi connectivity index (χ4n) is 1.61. The Labute approximate surface area is 108 Å². The van der Waals surface area contributed by atoms with Gasteiger partial charge in [0, 0.05) is 11.5 Å². The second kappa shape index (κ2) is 5.06. The topological polar surface area (TPSA) is 56.5 Å². The smallest absolute Gasteiger partial charge is 0.349 e. The zero-order chi connectivity index (χ0) is 13.1. The van der Waals surface area contributed by atoms with Crippen molar-refractivity contribution in [1.82, 2.24) is 0 Å². The van der Waals surface area contributed by atoms with Crippen molar-refractivity contribution in [2.75, 3.05) is 0 Å². The van der Waals surface area contributed by atoms with Gasteiger partial charge in [-0.15, -0.1) is 0 Å². The number of hydrogen-bond donors (Lipinski definition) is 0. The first kappa shape index (κ1) is 12.4. The van der Waals surface area contributed by atoms with Crippen LogP contribution in [0.15, 0.2) is 45.6 Å². The number of para-hydroxylation sites is 1. The Hall–Kier alpha value is -2.07. The summed E-state index contributed by atoms with van der Waals surface area (Å²) in [6, 6.07) is 8.78. The van der Waals surface area contributed by atoms with E-state index in [-0.39, 0.29) is 0 Å². The summed E-state index contributed by atoms with van der Waals surface area (Å²) >= 11 is 4.92. The van der Waals surface area contributed by atoms with Crippen LogP contribution in [0.2, 0.25) is 0 Å². The molecule has 1 heterocycles. The SMILES string of the molecule is C/C(=C\C(=O)OCl)c1cc2ccccc2oc1=O. The third-order valence-electron chi connectivity index (χ3n) is 2.48. The normalized spacial score (nSPS) is 11.6. The molecule has 0 saturated carbocycles. The molecule has 0 N–H and O–H groups in total. The maximum absolute atomic E-state index is 11.8. The van der Waals surface area contributed by atoms with Crippen LogP contribution in [0.25, 0.3) is 16.5 Å². The summed E-state index contributed by atoms with van der Waals surface area (Å²) in [5.74, 6) is -0.735. The summed E-state index contributed by atoms with van der Waals surface area (Å²) in [5, 5.41) is 0.777. The maximum Gasteiger partial charge on any atom is 0.349 e. The molecule has 0 aliphatic rings. The fraction of sp³-hybridized carbons (Fsp3) is 0.0769. The molecule has 1 aromatic heterocycles. The van der Waals surface area contributed by atoms with Crippen LogP contribution >= 0.6 is 11.9 Å². The number of fused-ring (bicyclic) bond motifs is 1. The van der Waals surface area contributed by atoms with Gasteiger partial charge in [-0.25, -0.2) is 9.59 Å². The average molecular weight is 265 g/mol. The van der Waals surface area contributed by atoms with E-state index in [2.05, 4.69) is 4.29 Å². The molecule has 2 rings (SSSR count). The number of rotatable bonds is 2. The summed E-state index contributed by atoms with van der Waals surface area (Å²) < 4.78 is 9.14. The number of benzene rings is 1. The van der Waals surface area contributed by atoms with Crippen molar-refractivity contribution >= 4 is 34.4 Å². The lowest BCUT2D eigenvalue weighted by Crippen LogP contribution is -2.06. The first-order chi connectivity index (χ1) is 8.61. The first-order valence-electron chi connectivity index (χ1n) is 5.16. The molecular formula is C13H9ClO4. The van der Waals surface area contributed by atoms with Gasteiger partial charge in [-0.2, -0.15) is 0 Å². The van der Waals surface area contributed by atoms with Gasteiger partial charge >= 0.3 is 11.6 Å². The summed E-state index contributed by atoms with van der Waals surface area (Å²) in [4.78, 5) is 22.8. The van der Waals surface area contributed by atoms with Crippen molar-refractivity contribution in [3.63, 3.8) is 0 Å². The Balaban J connectivity index is 2.58. The standard InChI is InChI=1S/C13H9ClO4/c1-8(6-12(15)18-14)10-7-9-4-2-3-5-11(9)17-13(10)16/h2-7H,1H3/b8-6+. The average Bonchev–Trinajstić information content (AvgIpc) is 2.37. The first-order valence-corrected chi connectivity index (χ1v) is 5.47. The van der Waals surface area contributed by atoms with Gasteiger partial charge in [0.25, 0.3) is 0 Å². The van der Waals surface area contributed by atoms with E-state index in [4.69, 9.17) is 16.3 Å². The maximum atomic E-state index is 11.8. The van der Waals surface area contributed by atoms with Gasteiger partial charge in [-0.1, -0.05) is 18.2 Å². The van der Waals surface area contributed by atoms with Gasteiger partial charge in [-0.05, 0) is 24.6 Å². The van der Waals surface area contributed by atoms with E-state index in [1.807, 2.05) is 12.1 Å². The lowest BCUT2D eigenvalue weighted by Gasteiger charge is -2.01. The van der Waals surface area contributed by atoms with Gasteiger partial charge in [0.1, 0.15) is 17.4 Å². The van der Waals surface area contributed by atoms with Crippen molar-refractivity contribution in [3.05, 3.63) is 52.4 Å². The molecule has 0 atom stereocenters. The van der Waals surface area contributed by atoms with E-state index >= 15 is 0 Å². The van der Waals surface area contributed by atoms with Crippen LogP contribution in [0, 0.1) is 0 Å². The number of hydrogen-bond acceptors (Lipinski definition) is 4. The molecule has 0 spiro atoms. The van der Waals surface area contributed by atoms with Crippen molar-refractivity contribution in [3.8, 4) is 0 Å². The molecule has 0 amide bonds. The van der Waals surface area contributed by atoms with E-state index < -0.39 is 11.6 Å². The molecule has 92 valence electrons. The molecule has 5 heteroatoms. The van der Waals surface area contributed by atoms with Crippen LogP contribution in [0.4, 0.5) is 0 Å². The van der Waals surface area contributed by atoms with Crippen molar-refractivity contribution in [2.45, 2.75) is 6.92 Å². The van der Waals surface area contributed by atoms with E-state index in [0.29, 0.717) is 16.7 Å². The van der Waals surface area contributed by atoms with Crippen LogP contribution in [0.1, 0.15) is 12.5 Å². The Kier molecular flexibility index (Phi) is 3.48. The molecule has 0 aliphatic carbocycles. The summed E-state index contributed by atoms with van der Waals surface area (Å²) in [6.07, 6.45) is 1.13. The summed E-state index contributed by atoms with van der Waals surface area (Å²) in [7, 11) is 0. The van der Waals surface area contributed by atoms with Crippen LogP contribution in [0.5, 0.6) is 0 Å². The zero-order valence-electron chi connectivity index (χ0n) is 9.48. The largest absolute Gasteiger partial charge is 0.422 e. The van der Waals surface area contributed by atoms with E-state index in [9.17, 15) is 9.59 Å². The second-order valence-corrected chi connectivity index (χ2v) is 3.86. The third-order valence-corrected chi connectivity index (χ3v) is 2.63. The van der Waals surface area contributed by atoms with Crippen LogP contribution < -0.4 is 5.63 Å². The molecule has 0 bridgehead atoms. The Morgan fingerprint density at radius 3 is 2.83 bits per heavy atom. The molecule has 0 unspecified atom stereocenters. The predicted octanol–water partition coefficient (Wildman–Crippen LogP) is 2.89. The minimum absolute atomic E-state index is 0.302. The van der Waals surface area contributed by atoms with Crippen molar-refractivity contribution in [2.24, 2.45) is 0 Å². The van der Waals surface area contributed by atoms with Crippen molar-refractivity contribution < 1.29 is 13.5 Å². The fourth-order valence-corrected chi connectivity index (χ4v) is 1.66. The predicted molar refractivity (Wildman–Crippen MR) is 68.1 cm³/mol. The van der Waals surface area contributed by atoms with Gasteiger partial charge < -0.3 is 8.71 Å². The van der Waals surface area contributed by atoms with E-state index in [0.717, 1.165) is 11.5 Å². The molecule has 0 fully saturated rings. The van der Waals surface area contributed by atoms with Gasteiger partial charge in [0.15, 0.2) is 0 Å². The Morgan fingerprint density at radius 2 is 2.11 bits per heavy atom. The second-order valence-electron chi connectivity index (χ2n) is 3.71. The minimum atomic E-state index is -0.735. The lowest BCUT2D eigenvalue weighted by molar-refractivity contribution is -0.128. The van der Waals surface area contributed by atoms with Gasteiger partial charge in [0.2, 0.25) is 0 Å². The van der Waals surface area contributed by atoms with E-state index in [1.54, 1.807) is 25.1 Å². The highest BCUT2D eigenvalue weighted by molar-refractivity contribution is 6.15. The molecule has 0 aliphatic heterocycles. The molecule has 2 aromatic rings. The molecule has 18 heavy (non-hydrogen) atoms. The highest BCUT2D eigenvalue weighted by Crippen LogP contribution is 2.17. The van der Waals surface area contributed by atoms with E-state index in [1.165, 1.54) is 0 Å². The molecule has 0 radical (unpaired) electrons. The number of halogens is 1. The highest BCUT2D eigenvalue weighted by atomic mass is 35.5. The van der Waals surface area contributed by atoms with Crippen LogP contribution in [-0.2, 0) is 9.08 Å². The molecule has 1 aromatic carbocycles. The minimum Gasteiger partial charge on any atom is -0.422 e. The quantitative estimate of drug-likeness (QED) is 0.618. The highest BCUT2D eigenvalue weighted by Gasteiger charge is 2.08. The number of carbonyl (C=O) groups excluding carboxylic acids is 1. The molecule has 0 saturated heterocycles. The van der Waals surface area contributed by atoms with Crippen LogP contribution in [0.3, 0.4) is 0 Å².